The van der Waals surface area contributed by atoms with Crippen LogP contribution in [0.25, 0.3) is 0 Å². The zero-order chi connectivity index (χ0) is 20.1. The molecule has 0 saturated carbocycles. The molecule has 0 aliphatic heterocycles. The number of aliphatic hydroxyl groups is 1. The van der Waals surface area contributed by atoms with Gasteiger partial charge in [-0.25, -0.2) is 0 Å². The smallest absolute Gasteiger partial charge is 0.248 e. The molecule has 1 aliphatic carbocycles. The number of carbonyl (C=O) groups is 2. The topological polar surface area (TPSA) is 78.4 Å². The van der Waals surface area contributed by atoms with Crippen LogP contribution in [0.3, 0.4) is 0 Å². The average molecular weight is 378 g/mol. The van der Waals surface area contributed by atoms with Gasteiger partial charge in [0.1, 0.15) is 0 Å². The van der Waals surface area contributed by atoms with Crippen LogP contribution in [0.5, 0.6) is 0 Å². The average Bonchev–Trinajstić information content (AvgIpc) is 2.97. The summed E-state index contributed by atoms with van der Waals surface area (Å²) >= 11 is 0. The van der Waals surface area contributed by atoms with Gasteiger partial charge in [0.25, 0.3) is 0 Å². The number of fused-ring (bicyclic) bond motifs is 1. The number of anilines is 1. The minimum absolute atomic E-state index is 0.00388. The lowest BCUT2D eigenvalue weighted by Crippen LogP contribution is -2.34. The van der Waals surface area contributed by atoms with Crippen LogP contribution in [-0.4, -0.2) is 29.4 Å². The standard InChI is InChI=1S/C23H26N2O3/c1-15(2)12-22(27)25-18-8-5-7-17(13-18)21(26)10-11-24-20-14-16-6-3-4-9-19(16)23(20)28/h3-9,12-13,20,23-24,28H,10-11,14H2,1-2H3,(H,25,27). The van der Waals surface area contributed by atoms with Crippen LogP contribution in [0, 0.1) is 0 Å². The van der Waals surface area contributed by atoms with Crippen molar-refractivity contribution in [3.63, 3.8) is 0 Å². The summed E-state index contributed by atoms with van der Waals surface area (Å²) in [6.07, 6.45) is 2.06. The summed E-state index contributed by atoms with van der Waals surface area (Å²) in [6.45, 7) is 4.20. The van der Waals surface area contributed by atoms with Gasteiger partial charge in [-0.1, -0.05) is 42.0 Å². The molecule has 5 nitrogen and oxygen atoms in total. The second-order valence-corrected chi connectivity index (χ2v) is 7.37. The van der Waals surface area contributed by atoms with Gasteiger partial charge in [-0.3, -0.25) is 9.59 Å². The molecule has 3 N–H and O–H groups in total. The zero-order valence-electron chi connectivity index (χ0n) is 16.2. The molecule has 2 unspecified atom stereocenters. The molecule has 1 amide bonds. The van der Waals surface area contributed by atoms with Gasteiger partial charge in [0.05, 0.1) is 6.10 Å². The van der Waals surface area contributed by atoms with Gasteiger partial charge in [0.2, 0.25) is 5.91 Å². The highest BCUT2D eigenvalue weighted by Crippen LogP contribution is 2.30. The molecule has 146 valence electrons. The second-order valence-electron chi connectivity index (χ2n) is 7.37. The summed E-state index contributed by atoms with van der Waals surface area (Å²) in [4.78, 5) is 24.3. The van der Waals surface area contributed by atoms with Crippen molar-refractivity contribution < 1.29 is 14.7 Å². The maximum absolute atomic E-state index is 12.5. The minimum atomic E-state index is -0.542. The zero-order valence-corrected chi connectivity index (χ0v) is 16.2. The molecule has 0 aromatic heterocycles. The van der Waals surface area contributed by atoms with Gasteiger partial charge in [-0.05, 0) is 43.5 Å². The van der Waals surface area contributed by atoms with Crippen LogP contribution in [0.4, 0.5) is 5.69 Å². The summed E-state index contributed by atoms with van der Waals surface area (Å²) in [6, 6.07) is 14.8. The maximum Gasteiger partial charge on any atom is 0.248 e. The minimum Gasteiger partial charge on any atom is -0.387 e. The monoisotopic (exact) mass is 378 g/mol. The van der Waals surface area contributed by atoms with Crippen molar-refractivity contribution in [3.05, 3.63) is 76.9 Å². The van der Waals surface area contributed by atoms with Gasteiger partial charge < -0.3 is 15.7 Å². The van der Waals surface area contributed by atoms with E-state index in [1.54, 1.807) is 24.3 Å². The Morgan fingerprint density at radius 2 is 1.93 bits per heavy atom. The fraction of sp³-hybridized carbons (Fsp3) is 0.304. The van der Waals surface area contributed by atoms with Crippen LogP contribution >= 0.6 is 0 Å². The van der Waals surface area contributed by atoms with Crippen LogP contribution in [-0.2, 0) is 11.2 Å². The van der Waals surface area contributed by atoms with Crippen molar-refractivity contribution >= 4 is 17.4 Å². The quantitative estimate of drug-likeness (QED) is 0.510. The first kappa shape index (κ1) is 20.0. The number of carbonyl (C=O) groups excluding carboxylic acids is 2. The van der Waals surface area contributed by atoms with Crippen molar-refractivity contribution in [1.82, 2.24) is 5.32 Å². The second kappa shape index (κ2) is 8.95. The Balaban J connectivity index is 1.52. The Morgan fingerprint density at radius 3 is 2.68 bits per heavy atom. The molecule has 0 radical (unpaired) electrons. The molecule has 0 fully saturated rings. The number of ketones is 1. The lowest BCUT2D eigenvalue weighted by atomic mass is 10.1. The van der Waals surface area contributed by atoms with Gasteiger partial charge in [0.15, 0.2) is 5.78 Å². The third-order valence-corrected chi connectivity index (χ3v) is 4.83. The predicted octanol–water partition coefficient (Wildman–Crippen LogP) is 3.41. The number of allylic oxidation sites excluding steroid dienone is 1. The fourth-order valence-electron chi connectivity index (χ4n) is 3.48. The maximum atomic E-state index is 12.5. The summed E-state index contributed by atoms with van der Waals surface area (Å²) < 4.78 is 0. The number of rotatable bonds is 7. The Hall–Kier alpha value is -2.76. The highest BCUT2D eigenvalue weighted by molar-refractivity contribution is 6.01. The molecule has 1 aliphatic rings. The molecule has 0 saturated heterocycles. The van der Waals surface area contributed by atoms with E-state index in [2.05, 4.69) is 10.6 Å². The van der Waals surface area contributed by atoms with Crippen molar-refractivity contribution in [2.45, 2.75) is 38.8 Å². The predicted molar refractivity (Wildman–Crippen MR) is 110 cm³/mol. The number of benzene rings is 2. The lowest BCUT2D eigenvalue weighted by Gasteiger charge is -2.16. The first-order valence-electron chi connectivity index (χ1n) is 9.52. The first-order chi connectivity index (χ1) is 13.4. The summed E-state index contributed by atoms with van der Waals surface area (Å²) in [5.74, 6) is -0.211. The normalized spacial score (nSPS) is 17.7. The Labute approximate surface area is 165 Å². The van der Waals surface area contributed by atoms with Gasteiger partial charge >= 0.3 is 0 Å². The lowest BCUT2D eigenvalue weighted by molar-refractivity contribution is -0.111. The van der Waals surface area contributed by atoms with Gasteiger partial charge in [-0.2, -0.15) is 0 Å². The number of hydrogen-bond donors (Lipinski definition) is 3. The number of amides is 1. The largest absolute Gasteiger partial charge is 0.387 e. The van der Waals surface area contributed by atoms with E-state index in [-0.39, 0.29) is 17.7 Å². The van der Waals surface area contributed by atoms with E-state index >= 15 is 0 Å². The van der Waals surface area contributed by atoms with Crippen molar-refractivity contribution in [2.24, 2.45) is 0 Å². The summed E-state index contributed by atoms with van der Waals surface area (Å²) in [7, 11) is 0. The molecule has 2 aromatic rings. The summed E-state index contributed by atoms with van der Waals surface area (Å²) in [5, 5.41) is 16.5. The van der Waals surface area contributed by atoms with Crippen LogP contribution < -0.4 is 10.6 Å². The van der Waals surface area contributed by atoms with Crippen LogP contribution in [0.1, 0.15) is 47.9 Å². The number of hydrogen-bond acceptors (Lipinski definition) is 4. The molecular formula is C23H26N2O3. The van der Waals surface area contributed by atoms with Gasteiger partial charge in [-0.15, -0.1) is 0 Å². The SMILES string of the molecule is CC(C)=CC(=O)Nc1cccc(C(=O)CCNC2Cc3ccccc3C2O)c1. The van der Waals surface area contributed by atoms with E-state index in [9.17, 15) is 14.7 Å². The van der Waals surface area contributed by atoms with Crippen molar-refractivity contribution in [3.8, 4) is 0 Å². The van der Waals surface area contributed by atoms with Crippen molar-refractivity contribution in [2.75, 3.05) is 11.9 Å². The van der Waals surface area contributed by atoms with Gasteiger partial charge in [0, 0.05) is 36.3 Å². The third kappa shape index (κ3) is 4.94. The molecular weight excluding hydrogens is 352 g/mol. The molecule has 2 atom stereocenters. The molecule has 0 spiro atoms. The van der Waals surface area contributed by atoms with E-state index in [1.165, 1.54) is 6.08 Å². The van der Waals surface area contributed by atoms with Crippen LogP contribution in [0.2, 0.25) is 0 Å². The molecule has 0 bridgehead atoms. The Morgan fingerprint density at radius 1 is 1.14 bits per heavy atom. The Kier molecular flexibility index (Phi) is 6.39. The molecule has 5 heteroatoms. The molecule has 0 heterocycles. The Bertz CT molecular complexity index is 900. The van der Waals surface area contributed by atoms with E-state index in [0.717, 1.165) is 23.1 Å². The number of nitrogens with one attached hydrogen (secondary N) is 2. The molecule has 3 rings (SSSR count). The third-order valence-electron chi connectivity index (χ3n) is 4.83. The fourth-order valence-corrected chi connectivity index (χ4v) is 3.48. The summed E-state index contributed by atoms with van der Waals surface area (Å²) in [5.41, 5.74) is 4.19. The van der Waals surface area contributed by atoms with E-state index in [4.69, 9.17) is 0 Å². The van der Waals surface area contributed by atoms with E-state index in [0.29, 0.717) is 24.2 Å². The highest BCUT2D eigenvalue weighted by Gasteiger charge is 2.29. The number of aliphatic hydroxyl groups excluding tert-OH is 1. The molecule has 28 heavy (non-hydrogen) atoms. The van der Waals surface area contributed by atoms with E-state index in [1.807, 2.05) is 38.1 Å². The highest BCUT2D eigenvalue weighted by atomic mass is 16.3. The van der Waals surface area contributed by atoms with E-state index < -0.39 is 6.10 Å². The molecule has 2 aromatic carbocycles. The first-order valence-corrected chi connectivity index (χ1v) is 9.52. The number of Topliss-reactive ketones (excluding diaryl/α,β-unsaturated/α-hetero) is 1. The van der Waals surface area contributed by atoms with Crippen molar-refractivity contribution in [1.29, 1.82) is 0 Å². The van der Waals surface area contributed by atoms with Crippen LogP contribution in [0.15, 0.2) is 60.2 Å².